The van der Waals surface area contributed by atoms with Gasteiger partial charge in [0.05, 0.1) is 0 Å². The zero-order valence-electron chi connectivity index (χ0n) is 26.2. The van der Waals surface area contributed by atoms with Gasteiger partial charge in [-0.1, -0.05) is 36.4 Å². The van der Waals surface area contributed by atoms with Crippen molar-refractivity contribution in [2.45, 2.75) is 34.1 Å². The molecule has 0 saturated carbocycles. The molecule has 0 radical (unpaired) electrons. The SMILES string of the molecule is CCN(CC)c1ccc2c(c1)[cH-]c1cc(N(CC)CC)ccc12.[C-]1=CC=CC1.[Cl-].[Cl-].[Hf+2]=[C](c1ccccc1)c1ccccc1. The third-order valence-corrected chi connectivity index (χ3v) is 9.71. The first-order valence-corrected chi connectivity index (χ1v) is 16.9. The fraction of sp³-hybridized carbons (Fsp3) is 0.231. The van der Waals surface area contributed by atoms with E-state index in [9.17, 15) is 0 Å². The average molecular weight is 788 g/mol. The second-order valence-electron chi connectivity index (χ2n) is 10.1. The molecule has 0 heterocycles. The zero-order valence-corrected chi connectivity index (χ0v) is 31.3. The Balaban J connectivity index is 0.000000273. The van der Waals surface area contributed by atoms with E-state index in [1.54, 1.807) is 0 Å². The molecule has 0 amide bonds. The van der Waals surface area contributed by atoms with Crippen LogP contribution in [-0.4, -0.2) is 29.4 Å². The predicted octanol–water partition coefficient (Wildman–Crippen LogP) is 3.52. The number of fused-ring (bicyclic) bond motifs is 3. The molecule has 1 aliphatic rings. The Morgan fingerprint density at radius 2 is 1.09 bits per heavy atom. The molecule has 0 atom stereocenters. The third-order valence-electron chi connectivity index (χ3n) is 7.64. The summed E-state index contributed by atoms with van der Waals surface area (Å²) >= 11 is 1.08. The van der Waals surface area contributed by atoms with Crippen LogP contribution in [0.15, 0.2) is 121 Å². The van der Waals surface area contributed by atoms with Crippen LogP contribution in [0.25, 0.3) is 21.5 Å². The van der Waals surface area contributed by atoms with Crippen LogP contribution in [-0.2, 0) is 23.9 Å². The minimum absolute atomic E-state index is 0. The molecule has 2 nitrogen and oxygen atoms in total. The van der Waals surface area contributed by atoms with Crippen molar-refractivity contribution in [3.63, 3.8) is 0 Å². The summed E-state index contributed by atoms with van der Waals surface area (Å²) < 4.78 is 1.46. The normalized spacial score (nSPS) is 11.0. The Morgan fingerprint density at radius 3 is 1.41 bits per heavy atom. The Morgan fingerprint density at radius 1 is 0.659 bits per heavy atom. The summed E-state index contributed by atoms with van der Waals surface area (Å²) in [5, 5.41) is 5.42. The summed E-state index contributed by atoms with van der Waals surface area (Å²) in [6.45, 7) is 13.1. The summed E-state index contributed by atoms with van der Waals surface area (Å²) in [5.74, 6) is 0. The number of nitrogens with zero attached hydrogens (tertiary/aromatic N) is 2. The van der Waals surface area contributed by atoms with Gasteiger partial charge in [-0.3, -0.25) is 6.08 Å². The summed E-state index contributed by atoms with van der Waals surface area (Å²) in [6.07, 6.45) is 10.0. The van der Waals surface area contributed by atoms with Crippen LogP contribution in [0.3, 0.4) is 0 Å². The van der Waals surface area contributed by atoms with Crippen LogP contribution in [0, 0.1) is 6.08 Å². The van der Waals surface area contributed by atoms with Crippen molar-refractivity contribution in [1.29, 1.82) is 0 Å². The molecule has 5 aromatic rings. The van der Waals surface area contributed by atoms with Crippen molar-refractivity contribution in [2.24, 2.45) is 0 Å². The summed E-state index contributed by atoms with van der Waals surface area (Å²) in [6, 6.07) is 37.3. The molecule has 0 aliphatic heterocycles. The van der Waals surface area contributed by atoms with E-state index in [-0.39, 0.29) is 24.8 Å². The second-order valence-corrected chi connectivity index (χ2v) is 11.9. The molecule has 228 valence electrons. The Labute approximate surface area is 291 Å². The van der Waals surface area contributed by atoms with Gasteiger partial charge in [-0.25, -0.2) is 12.2 Å². The fourth-order valence-corrected chi connectivity index (χ4v) is 6.48. The topological polar surface area (TPSA) is 6.48 Å². The van der Waals surface area contributed by atoms with Crippen molar-refractivity contribution in [3.8, 4) is 0 Å². The monoisotopic (exact) mass is 788 g/mol. The van der Waals surface area contributed by atoms with Crippen molar-refractivity contribution in [2.75, 3.05) is 36.0 Å². The van der Waals surface area contributed by atoms with E-state index in [1.807, 2.05) is 12.2 Å². The van der Waals surface area contributed by atoms with Crippen LogP contribution in [0.5, 0.6) is 0 Å². The van der Waals surface area contributed by atoms with E-state index in [4.69, 9.17) is 0 Å². The quantitative estimate of drug-likeness (QED) is 0.176. The van der Waals surface area contributed by atoms with Crippen molar-refractivity contribution >= 4 is 36.2 Å². The molecule has 5 aromatic carbocycles. The maximum absolute atomic E-state index is 2.99. The molecule has 5 heteroatoms. The van der Waals surface area contributed by atoms with Crippen molar-refractivity contribution in [3.05, 3.63) is 139 Å². The summed E-state index contributed by atoms with van der Waals surface area (Å²) in [4.78, 5) is 4.80. The van der Waals surface area contributed by atoms with Gasteiger partial charge in [-0.15, -0.1) is 34.0 Å². The van der Waals surface area contributed by atoms with E-state index >= 15 is 0 Å². The van der Waals surface area contributed by atoms with Crippen LogP contribution in [0.4, 0.5) is 11.4 Å². The average Bonchev–Trinajstić information content (AvgIpc) is 3.75. The summed E-state index contributed by atoms with van der Waals surface area (Å²) in [5.41, 5.74) is 5.35. The van der Waals surface area contributed by atoms with Gasteiger partial charge in [0.1, 0.15) is 0 Å². The second kappa shape index (κ2) is 19.5. The van der Waals surface area contributed by atoms with Gasteiger partial charge in [-0.05, 0) is 27.7 Å². The van der Waals surface area contributed by atoms with Gasteiger partial charge >= 0.3 is 98.9 Å². The minimum atomic E-state index is 0. The zero-order chi connectivity index (χ0) is 29.7. The Bertz CT molecular complexity index is 1500. The molecule has 0 unspecified atom stereocenters. The maximum atomic E-state index is 2.99. The molecule has 1 aliphatic carbocycles. The Kier molecular flexibility index (Phi) is 16.6. The van der Waals surface area contributed by atoms with Gasteiger partial charge in [0.25, 0.3) is 0 Å². The van der Waals surface area contributed by atoms with Gasteiger partial charge in [0.15, 0.2) is 0 Å². The molecule has 0 bridgehead atoms. The van der Waals surface area contributed by atoms with Gasteiger partial charge in [0.2, 0.25) is 0 Å². The van der Waals surface area contributed by atoms with Gasteiger partial charge < -0.3 is 34.6 Å². The third kappa shape index (κ3) is 9.83. The van der Waals surface area contributed by atoms with E-state index in [1.165, 1.54) is 47.3 Å². The van der Waals surface area contributed by atoms with Crippen LogP contribution in [0.1, 0.15) is 45.2 Å². The molecular weight excluding hydrogens is 746 g/mol. The van der Waals surface area contributed by atoms with Crippen LogP contribution >= 0.6 is 0 Å². The van der Waals surface area contributed by atoms with E-state index in [2.05, 4.69) is 153 Å². The molecule has 0 saturated heterocycles. The number of anilines is 2. The van der Waals surface area contributed by atoms with Crippen molar-refractivity contribution in [1.82, 2.24) is 0 Å². The molecule has 44 heavy (non-hydrogen) atoms. The molecule has 0 N–H and O–H groups in total. The fourth-order valence-electron chi connectivity index (χ4n) is 5.28. The van der Waals surface area contributed by atoms with E-state index in [0.29, 0.717) is 0 Å². The number of hydrogen-bond donors (Lipinski definition) is 0. The Hall–Kier alpha value is -2.85. The standard InChI is InChI=1S/C21H27N2.C13H10.C5H5.2ClH.Hf/c1-5-22(6-2)18-9-11-20-16(14-18)13-17-15-19(10-12-21(17)20)23(7-3)8-4;1-3-7-12(8-4-1)11-13-9-5-2-6-10-13;1-2-4-5-3-1;;;/h9-15H,5-8H2,1-4H3;1-10H;1-3H,4H2;2*1H;/q-1;;-1;;;+2/p-2. The number of halogens is 2. The first-order valence-electron chi connectivity index (χ1n) is 15.1. The van der Waals surface area contributed by atoms with Crippen molar-refractivity contribution < 1.29 is 48.7 Å². The molecule has 0 aromatic heterocycles. The molecule has 0 fully saturated rings. The predicted molar refractivity (Wildman–Crippen MR) is 182 cm³/mol. The van der Waals surface area contributed by atoms with Gasteiger partial charge in [0, 0.05) is 37.6 Å². The van der Waals surface area contributed by atoms with Crippen LogP contribution in [0.2, 0.25) is 0 Å². The number of rotatable bonds is 8. The van der Waals surface area contributed by atoms with Crippen LogP contribution < -0.4 is 34.6 Å². The molecule has 6 rings (SSSR count). The van der Waals surface area contributed by atoms with Gasteiger partial charge in [-0.2, -0.15) is 6.08 Å². The first kappa shape index (κ1) is 37.3. The number of benzene rings is 4. The summed E-state index contributed by atoms with van der Waals surface area (Å²) in [7, 11) is 0. The molecule has 0 spiro atoms. The number of allylic oxidation sites excluding steroid dienone is 4. The van der Waals surface area contributed by atoms with E-state index in [0.717, 1.165) is 56.5 Å². The molecular formula is C39H42Cl2HfN2-2. The van der Waals surface area contributed by atoms with E-state index < -0.39 is 0 Å². The first-order chi connectivity index (χ1) is 20.6. The number of hydrogen-bond acceptors (Lipinski definition) is 2.